The maximum Gasteiger partial charge on any atom is 0.333 e. The van der Waals surface area contributed by atoms with Crippen molar-refractivity contribution in [2.24, 2.45) is 11.8 Å². The molecule has 0 spiro atoms. The molecule has 0 saturated carbocycles. The number of allylic oxidation sites excluding steroid dienone is 1. The highest BCUT2D eigenvalue weighted by Crippen LogP contribution is 2.57. The number of hydrogen-bond acceptors (Lipinski definition) is 8. The third kappa shape index (κ3) is 4.89. The Hall–Kier alpha value is -3.55. The molecule has 0 heterocycles. The van der Waals surface area contributed by atoms with E-state index >= 15 is 0 Å². The van der Waals surface area contributed by atoms with Crippen LogP contribution in [0.25, 0.3) is 11.1 Å². The van der Waals surface area contributed by atoms with E-state index in [1.165, 1.54) is 0 Å². The average molecular weight is 515 g/mol. The highest BCUT2D eigenvalue weighted by atomic mass is 16.6. The smallest absolute Gasteiger partial charge is 0.333 e. The summed E-state index contributed by atoms with van der Waals surface area (Å²) in [5.41, 5.74) is 3.67. The third-order valence-electron chi connectivity index (χ3n) is 7.23. The Morgan fingerprint density at radius 1 is 0.784 bits per heavy atom. The van der Waals surface area contributed by atoms with Crippen molar-refractivity contribution in [2.75, 3.05) is 42.7 Å². The van der Waals surface area contributed by atoms with Gasteiger partial charge in [0.1, 0.15) is 6.10 Å². The minimum absolute atomic E-state index is 0.0533. The maximum atomic E-state index is 13.0. The van der Waals surface area contributed by atoms with Crippen molar-refractivity contribution in [3.05, 3.63) is 34.9 Å². The number of methoxy groups -OCH3 is 6. The molecule has 3 rings (SSSR count). The highest BCUT2D eigenvalue weighted by Gasteiger charge is 2.39. The van der Waals surface area contributed by atoms with Crippen molar-refractivity contribution in [2.45, 2.75) is 40.2 Å². The summed E-state index contributed by atoms with van der Waals surface area (Å²) in [6, 6.07) is 3.82. The van der Waals surface area contributed by atoms with Crippen molar-refractivity contribution < 1.29 is 38.0 Å². The summed E-state index contributed by atoms with van der Waals surface area (Å²) in [5, 5.41) is 0. The Morgan fingerprint density at radius 3 is 1.78 bits per heavy atom. The minimum atomic E-state index is -0.605. The van der Waals surface area contributed by atoms with E-state index in [0.29, 0.717) is 52.1 Å². The zero-order valence-electron chi connectivity index (χ0n) is 23.4. The van der Waals surface area contributed by atoms with Crippen LogP contribution in [0.5, 0.6) is 34.5 Å². The van der Waals surface area contributed by atoms with Crippen LogP contribution in [0.4, 0.5) is 0 Å². The fraction of sp³-hybridized carbons (Fsp3) is 0.483. The molecule has 0 amide bonds. The molecule has 1 aliphatic carbocycles. The summed E-state index contributed by atoms with van der Waals surface area (Å²) in [4.78, 5) is 13.0. The molecule has 8 heteroatoms. The molecule has 2 aromatic rings. The molecular weight excluding hydrogens is 476 g/mol. The second kappa shape index (κ2) is 11.7. The predicted octanol–water partition coefficient (Wildman–Crippen LogP) is 5.78. The number of esters is 1. The molecule has 0 aliphatic heterocycles. The first kappa shape index (κ1) is 28.0. The molecule has 2 aromatic carbocycles. The Bertz CT molecular complexity index is 1180. The molecule has 3 atom stereocenters. The number of carbonyl (C=O) groups excluding carboxylic acids is 1. The van der Waals surface area contributed by atoms with Gasteiger partial charge in [0.05, 0.1) is 42.7 Å². The van der Waals surface area contributed by atoms with Crippen LogP contribution in [0.15, 0.2) is 23.8 Å². The van der Waals surface area contributed by atoms with E-state index in [1.807, 2.05) is 19.1 Å². The Labute approximate surface area is 219 Å². The molecular formula is C29H38O8. The summed E-state index contributed by atoms with van der Waals surface area (Å²) >= 11 is 0. The van der Waals surface area contributed by atoms with E-state index in [2.05, 4.69) is 13.8 Å². The van der Waals surface area contributed by atoms with Crippen LogP contribution in [0.2, 0.25) is 0 Å². The van der Waals surface area contributed by atoms with E-state index in [0.717, 1.165) is 16.7 Å². The highest BCUT2D eigenvalue weighted by molar-refractivity contribution is 5.90. The van der Waals surface area contributed by atoms with Crippen molar-refractivity contribution >= 4 is 5.97 Å². The lowest BCUT2D eigenvalue weighted by Gasteiger charge is -2.35. The van der Waals surface area contributed by atoms with Gasteiger partial charge in [-0.1, -0.05) is 19.9 Å². The van der Waals surface area contributed by atoms with Gasteiger partial charge in [0, 0.05) is 28.2 Å². The van der Waals surface area contributed by atoms with Crippen LogP contribution >= 0.6 is 0 Å². The zero-order chi connectivity index (χ0) is 27.4. The first-order chi connectivity index (χ1) is 17.7. The van der Waals surface area contributed by atoms with Crippen LogP contribution in [0.1, 0.15) is 44.9 Å². The van der Waals surface area contributed by atoms with Gasteiger partial charge in [-0.25, -0.2) is 4.79 Å². The molecule has 1 aliphatic rings. The second-order valence-corrected chi connectivity index (χ2v) is 9.13. The van der Waals surface area contributed by atoms with E-state index in [-0.39, 0.29) is 17.8 Å². The second-order valence-electron chi connectivity index (χ2n) is 9.13. The summed E-state index contributed by atoms with van der Waals surface area (Å²) in [5.74, 6) is 2.50. The van der Waals surface area contributed by atoms with Gasteiger partial charge in [0.25, 0.3) is 0 Å². The summed E-state index contributed by atoms with van der Waals surface area (Å²) < 4.78 is 40.9. The quantitative estimate of drug-likeness (QED) is 0.324. The van der Waals surface area contributed by atoms with Crippen LogP contribution < -0.4 is 28.4 Å². The summed E-state index contributed by atoms with van der Waals surface area (Å²) in [6.07, 6.45) is 1.80. The van der Waals surface area contributed by atoms with Gasteiger partial charge in [-0.3, -0.25) is 0 Å². The maximum absolute atomic E-state index is 13.0. The van der Waals surface area contributed by atoms with E-state index in [4.69, 9.17) is 33.2 Å². The minimum Gasteiger partial charge on any atom is -0.493 e. The standard InChI is InChI=1S/C29H38O8/c1-11-15(2)29(30)37-24-17(4)16(3)12-18-13-20(31-5)25(33-7)27(35-9)22(18)23-19(24)14-21(32-6)26(34-8)28(23)36-10/h11,13-14,16-17,24H,12H2,1-10H3. The largest absolute Gasteiger partial charge is 0.493 e. The van der Waals surface area contributed by atoms with Crippen LogP contribution in [-0.4, -0.2) is 48.6 Å². The van der Waals surface area contributed by atoms with Crippen molar-refractivity contribution in [3.8, 4) is 45.6 Å². The Kier molecular flexibility index (Phi) is 8.84. The number of rotatable bonds is 8. The molecule has 0 fully saturated rings. The van der Waals surface area contributed by atoms with Gasteiger partial charge in [-0.15, -0.1) is 0 Å². The number of ether oxygens (including phenoxy) is 7. The Morgan fingerprint density at radius 2 is 1.30 bits per heavy atom. The average Bonchev–Trinajstić information content (AvgIpc) is 2.92. The lowest BCUT2D eigenvalue weighted by Crippen LogP contribution is -2.27. The van der Waals surface area contributed by atoms with Crippen LogP contribution in [0.3, 0.4) is 0 Å². The van der Waals surface area contributed by atoms with Crippen LogP contribution in [0, 0.1) is 11.8 Å². The van der Waals surface area contributed by atoms with Crippen LogP contribution in [-0.2, 0) is 16.0 Å². The predicted molar refractivity (Wildman–Crippen MR) is 141 cm³/mol. The first-order valence-electron chi connectivity index (χ1n) is 12.2. The molecule has 3 unspecified atom stereocenters. The van der Waals surface area contributed by atoms with E-state index in [9.17, 15) is 4.79 Å². The van der Waals surface area contributed by atoms with Crippen molar-refractivity contribution in [3.63, 3.8) is 0 Å². The molecule has 0 radical (unpaired) electrons. The summed E-state index contributed by atoms with van der Waals surface area (Å²) in [7, 11) is 9.44. The normalized spacial score (nSPS) is 19.0. The lowest BCUT2D eigenvalue weighted by atomic mass is 9.75. The van der Waals surface area contributed by atoms with Gasteiger partial charge in [-0.2, -0.15) is 0 Å². The molecule has 0 bridgehead atoms. The number of benzene rings is 2. The van der Waals surface area contributed by atoms with Gasteiger partial charge in [0.15, 0.2) is 23.0 Å². The van der Waals surface area contributed by atoms with E-state index in [1.54, 1.807) is 55.7 Å². The fourth-order valence-corrected chi connectivity index (χ4v) is 4.91. The number of fused-ring (bicyclic) bond motifs is 3. The van der Waals surface area contributed by atoms with Gasteiger partial charge < -0.3 is 33.2 Å². The third-order valence-corrected chi connectivity index (χ3v) is 7.23. The number of carbonyl (C=O) groups is 1. The fourth-order valence-electron chi connectivity index (χ4n) is 4.91. The number of hydrogen-bond donors (Lipinski definition) is 0. The first-order valence-corrected chi connectivity index (χ1v) is 12.2. The lowest BCUT2D eigenvalue weighted by molar-refractivity contribution is -0.148. The molecule has 0 aromatic heterocycles. The van der Waals surface area contributed by atoms with Gasteiger partial charge in [-0.05, 0) is 43.9 Å². The molecule has 8 nitrogen and oxygen atoms in total. The molecule has 0 N–H and O–H groups in total. The van der Waals surface area contributed by atoms with Gasteiger partial charge in [0.2, 0.25) is 11.5 Å². The topological polar surface area (TPSA) is 81.7 Å². The monoisotopic (exact) mass is 514 g/mol. The zero-order valence-corrected chi connectivity index (χ0v) is 23.4. The van der Waals surface area contributed by atoms with Crippen molar-refractivity contribution in [1.82, 2.24) is 0 Å². The SMILES string of the molecule is CC=C(C)C(=O)OC1c2cc(OC)c(OC)c(OC)c2-c2c(cc(OC)c(OC)c2OC)CC(C)C1C. The Balaban J connectivity index is 2.55. The van der Waals surface area contributed by atoms with E-state index < -0.39 is 6.10 Å². The molecule has 202 valence electrons. The molecule has 0 saturated heterocycles. The van der Waals surface area contributed by atoms with Crippen molar-refractivity contribution in [1.29, 1.82) is 0 Å². The summed E-state index contributed by atoms with van der Waals surface area (Å²) in [6.45, 7) is 7.78. The van der Waals surface area contributed by atoms with Gasteiger partial charge >= 0.3 is 5.97 Å². The molecule has 37 heavy (non-hydrogen) atoms.